The number of para-hydroxylation sites is 2. The number of hydrogen-bond acceptors (Lipinski definition) is 6. The zero-order valence-electron chi connectivity index (χ0n) is 16.9. The Morgan fingerprint density at radius 3 is 2.61 bits per heavy atom. The van der Waals surface area contributed by atoms with Crippen molar-refractivity contribution in [3.63, 3.8) is 0 Å². The maximum absolute atomic E-state index is 12.9. The molecule has 4 amide bonds. The van der Waals surface area contributed by atoms with Gasteiger partial charge in [0.25, 0.3) is 17.7 Å². The molecule has 4 rings (SSSR count). The Morgan fingerprint density at radius 2 is 1.87 bits per heavy atom. The van der Waals surface area contributed by atoms with Crippen LogP contribution < -0.4 is 10.2 Å². The minimum atomic E-state index is -0.475. The van der Waals surface area contributed by atoms with Crippen molar-refractivity contribution in [1.29, 1.82) is 0 Å². The third kappa shape index (κ3) is 3.87. The lowest BCUT2D eigenvalue weighted by molar-refractivity contribution is 0.0638. The average Bonchev–Trinajstić information content (AvgIpc) is 3.30. The van der Waals surface area contributed by atoms with E-state index in [1.165, 1.54) is 28.0 Å². The number of ether oxygens (including phenoxy) is 2. The number of nitrogens with zero attached hydrogens (tertiary/aromatic N) is 2. The molecule has 0 aliphatic carbocycles. The Balaban J connectivity index is 1.54. The predicted octanol–water partition coefficient (Wildman–Crippen LogP) is 2.53. The van der Waals surface area contributed by atoms with Gasteiger partial charge >= 0.3 is 6.09 Å². The molecular weight excluding hydrogens is 402 g/mol. The third-order valence-electron chi connectivity index (χ3n) is 5.17. The number of cyclic esters (lactones) is 1. The molecule has 1 N–H and O–H groups in total. The normalized spacial score (nSPS) is 15.3. The maximum Gasteiger partial charge on any atom is 0.414 e. The predicted molar refractivity (Wildman–Crippen MR) is 111 cm³/mol. The van der Waals surface area contributed by atoms with E-state index in [2.05, 4.69) is 5.32 Å². The van der Waals surface area contributed by atoms with Crippen LogP contribution in [0.5, 0.6) is 0 Å². The van der Waals surface area contributed by atoms with Gasteiger partial charge in [0.15, 0.2) is 0 Å². The van der Waals surface area contributed by atoms with E-state index in [9.17, 15) is 19.2 Å². The molecule has 2 aromatic carbocycles. The van der Waals surface area contributed by atoms with Crippen LogP contribution in [-0.4, -0.2) is 62.1 Å². The van der Waals surface area contributed by atoms with E-state index in [0.717, 1.165) is 0 Å². The number of imide groups is 1. The van der Waals surface area contributed by atoms with Gasteiger partial charge < -0.3 is 14.8 Å². The first-order chi connectivity index (χ1) is 15.0. The molecule has 0 atom stereocenters. The van der Waals surface area contributed by atoms with Crippen LogP contribution in [0, 0.1) is 0 Å². The lowest BCUT2D eigenvalue weighted by Crippen LogP contribution is -2.31. The van der Waals surface area contributed by atoms with Gasteiger partial charge in [0.05, 0.1) is 29.0 Å². The molecule has 1 saturated heterocycles. The second kappa shape index (κ2) is 8.57. The quantitative estimate of drug-likeness (QED) is 0.542. The number of carbonyl (C=O) groups excluding carboxylic acids is 4. The van der Waals surface area contributed by atoms with E-state index in [0.29, 0.717) is 30.9 Å². The fraction of sp³-hybridized carbons (Fsp3) is 0.273. The molecule has 0 saturated carbocycles. The van der Waals surface area contributed by atoms with Crippen LogP contribution in [-0.2, 0) is 9.47 Å². The lowest BCUT2D eigenvalue weighted by atomic mass is 10.1. The van der Waals surface area contributed by atoms with E-state index in [-0.39, 0.29) is 35.7 Å². The number of amides is 4. The molecule has 2 heterocycles. The van der Waals surface area contributed by atoms with Crippen LogP contribution in [0.25, 0.3) is 0 Å². The highest BCUT2D eigenvalue weighted by atomic mass is 16.6. The molecule has 0 unspecified atom stereocenters. The number of methoxy groups -OCH3 is 1. The standard InChI is InChI=1S/C22H21N3O6/c1-30-11-4-9-25-20(27)15-8-7-14(13-16(15)21(25)28)19(26)23-17-5-2-3-6-18(17)24-10-12-31-22(24)29/h2-3,5-8,13H,4,9-12H2,1H3,(H,23,26). The smallest absolute Gasteiger partial charge is 0.414 e. The molecule has 2 aliphatic heterocycles. The Hall–Kier alpha value is -3.72. The monoisotopic (exact) mass is 423 g/mol. The van der Waals surface area contributed by atoms with Gasteiger partial charge in [-0.25, -0.2) is 4.79 Å². The van der Waals surface area contributed by atoms with Crippen molar-refractivity contribution in [3.8, 4) is 0 Å². The van der Waals surface area contributed by atoms with Crippen molar-refractivity contribution in [1.82, 2.24) is 4.90 Å². The Kier molecular flexibility index (Phi) is 5.68. The second-order valence-electron chi connectivity index (χ2n) is 7.11. The first kappa shape index (κ1) is 20.5. The van der Waals surface area contributed by atoms with Crippen LogP contribution in [0.3, 0.4) is 0 Å². The molecule has 2 aliphatic rings. The molecule has 0 radical (unpaired) electrons. The maximum atomic E-state index is 12.9. The van der Waals surface area contributed by atoms with Crippen LogP contribution in [0.15, 0.2) is 42.5 Å². The summed E-state index contributed by atoms with van der Waals surface area (Å²) < 4.78 is 9.95. The SMILES string of the molecule is COCCCN1C(=O)c2ccc(C(=O)Nc3ccccc3N3CCOC3=O)cc2C1=O. The number of carbonyl (C=O) groups is 4. The molecule has 0 spiro atoms. The fourth-order valence-electron chi connectivity index (χ4n) is 3.62. The van der Waals surface area contributed by atoms with Crippen LogP contribution in [0.1, 0.15) is 37.5 Å². The summed E-state index contributed by atoms with van der Waals surface area (Å²) in [5.74, 6) is -1.26. The van der Waals surface area contributed by atoms with Crippen molar-refractivity contribution in [2.24, 2.45) is 0 Å². The Bertz CT molecular complexity index is 1070. The van der Waals surface area contributed by atoms with Crippen molar-refractivity contribution in [3.05, 3.63) is 59.2 Å². The average molecular weight is 423 g/mol. The highest BCUT2D eigenvalue weighted by molar-refractivity contribution is 6.22. The summed E-state index contributed by atoms with van der Waals surface area (Å²) in [4.78, 5) is 52.6. The summed E-state index contributed by atoms with van der Waals surface area (Å²) in [6, 6.07) is 11.3. The molecule has 9 nitrogen and oxygen atoms in total. The van der Waals surface area contributed by atoms with Gasteiger partial charge in [-0.15, -0.1) is 0 Å². The van der Waals surface area contributed by atoms with Gasteiger partial charge in [-0.1, -0.05) is 12.1 Å². The number of benzene rings is 2. The van der Waals surface area contributed by atoms with Crippen LogP contribution in [0.4, 0.5) is 16.2 Å². The van der Waals surface area contributed by atoms with E-state index < -0.39 is 17.9 Å². The summed E-state index contributed by atoms with van der Waals surface area (Å²) in [5, 5.41) is 2.78. The Labute approximate surface area is 178 Å². The zero-order chi connectivity index (χ0) is 22.0. The highest BCUT2D eigenvalue weighted by Gasteiger charge is 2.35. The number of nitrogens with one attached hydrogen (secondary N) is 1. The second-order valence-corrected chi connectivity index (χ2v) is 7.11. The number of hydrogen-bond donors (Lipinski definition) is 1. The number of rotatable bonds is 7. The lowest BCUT2D eigenvalue weighted by Gasteiger charge is -2.17. The Morgan fingerprint density at radius 1 is 1.10 bits per heavy atom. The largest absolute Gasteiger partial charge is 0.447 e. The van der Waals surface area contributed by atoms with Gasteiger partial charge in [0.1, 0.15) is 6.61 Å². The molecule has 1 fully saturated rings. The van der Waals surface area contributed by atoms with Crippen LogP contribution in [0.2, 0.25) is 0 Å². The summed E-state index contributed by atoms with van der Waals surface area (Å²) in [5.41, 5.74) is 1.67. The third-order valence-corrected chi connectivity index (χ3v) is 5.17. The first-order valence-corrected chi connectivity index (χ1v) is 9.85. The van der Waals surface area contributed by atoms with Gasteiger partial charge in [-0.2, -0.15) is 0 Å². The summed E-state index contributed by atoms with van der Waals surface area (Å²) in [6.07, 6.45) is 0.0577. The van der Waals surface area contributed by atoms with E-state index >= 15 is 0 Å². The van der Waals surface area contributed by atoms with Crippen LogP contribution >= 0.6 is 0 Å². The molecule has 160 valence electrons. The number of fused-ring (bicyclic) bond motifs is 1. The van der Waals surface area contributed by atoms with Gasteiger partial charge in [-0.05, 0) is 36.8 Å². The summed E-state index contributed by atoms with van der Waals surface area (Å²) in [6.45, 7) is 1.36. The van der Waals surface area contributed by atoms with E-state index in [4.69, 9.17) is 9.47 Å². The summed E-state index contributed by atoms with van der Waals surface area (Å²) >= 11 is 0. The highest BCUT2D eigenvalue weighted by Crippen LogP contribution is 2.29. The number of anilines is 2. The fourth-order valence-corrected chi connectivity index (χ4v) is 3.62. The minimum Gasteiger partial charge on any atom is -0.447 e. The summed E-state index contributed by atoms with van der Waals surface area (Å²) in [7, 11) is 1.55. The first-order valence-electron chi connectivity index (χ1n) is 9.85. The topological polar surface area (TPSA) is 105 Å². The molecule has 0 bridgehead atoms. The molecule has 0 aromatic heterocycles. The van der Waals surface area contributed by atoms with Crippen molar-refractivity contribution in [2.45, 2.75) is 6.42 Å². The van der Waals surface area contributed by atoms with Gasteiger partial charge in [0, 0.05) is 25.8 Å². The van der Waals surface area contributed by atoms with Crippen molar-refractivity contribution in [2.75, 3.05) is 43.6 Å². The van der Waals surface area contributed by atoms with E-state index in [1.807, 2.05) is 0 Å². The molecule has 31 heavy (non-hydrogen) atoms. The molecule has 9 heteroatoms. The van der Waals surface area contributed by atoms with E-state index in [1.54, 1.807) is 31.4 Å². The molecular formula is C22H21N3O6. The molecule has 2 aromatic rings. The van der Waals surface area contributed by atoms with Crippen molar-refractivity contribution < 1.29 is 28.7 Å². The van der Waals surface area contributed by atoms with Gasteiger partial charge in [0.2, 0.25) is 0 Å². The zero-order valence-corrected chi connectivity index (χ0v) is 16.9. The van der Waals surface area contributed by atoms with Crippen molar-refractivity contribution >= 4 is 35.2 Å². The minimum absolute atomic E-state index is 0.200. The van der Waals surface area contributed by atoms with Gasteiger partial charge in [-0.3, -0.25) is 24.2 Å².